The molecule has 2 aliphatic rings. The standard InChI is InChI=1S/C21H22ClN3O4/c1-29-19-7-4-15(12-17(19)22)25-20(27)13-18(21(25)28)24-10-8-23(9-11-24)14-2-5-16(26)6-3-14/h2-7,12,18,26H,8-11,13H2,1H3. The number of carbonyl (C=O) groups is 2. The molecule has 2 aliphatic heterocycles. The zero-order valence-electron chi connectivity index (χ0n) is 16.0. The monoisotopic (exact) mass is 415 g/mol. The van der Waals surface area contributed by atoms with Crippen LogP contribution >= 0.6 is 11.6 Å². The lowest BCUT2D eigenvalue weighted by molar-refractivity contribution is -0.123. The molecule has 7 nitrogen and oxygen atoms in total. The third-order valence-electron chi connectivity index (χ3n) is 5.49. The maximum atomic E-state index is 13.0. The van der Waals surface area contributed by atoms with Gasteiger partial charge in [-0.3, -0.25) is 14.5 Å². The first-order valence-corrected chi connectivity index (χ1v) is 9.84. The Hall–Kier alpha value is -2.77. The molecule has 2 heterocycles. The Morgan fingerprint density at radius 1 is 1.00 bits per heavy atom. The van der Waals surface area contributed by atoms with Crippen molar-refractivity contribution < 1.29 is 19.4 Å². The highest BCUT2D eigenvalue weighted by Crippen LogP contribution is 2.33. The third-order valence-corrected chi connectivity index (χ3v) is 5.78. The number of anilines is 2. The first-order chi connectivity index (χ1) is 14.0. The molecule has 152 valence electrons. The van der Waals surface area contributed by atoms with Crippen molar-refractivity contribution in [3.8, 4) is 11.5 Å². The van der Waals surface area contributed by atoms with E-state index in [0.717, 1.165) is 18.8 Å². The summed E-state index contributed by atoms with van der Waals surface area (Å²) in [5, 5.41) is 9.80. The molecule has 29 heavy (non-hydrogen) atoms. The number of methoxy groups -OCH3 is 1. The van der Waals surface area contributed by atoms with Crippen molar-refractivity contribution in [3.05, 3.63) is 47.5 Å². The molecule has 2 fully saturated rings. The van der Waals surface area contributed by atoms with Crippen LogP contribution in [0.3, 0.4) is 0 Å². The number of ether oxygens (including phenoxy) is 1. The van der Waals surface area contributed by atoms with Crippen LogP contribution in [0.2, 0.25) is 5.02 Å². The zero-order chi connectivity index (χ0) is 20.5. The van der Waals surface area contributed by atoms with Gasteiger partial charge < -0.3 is 14.7 Å². The number of halogens is 1. The van der Waals surface area contributed by atoms with Gasteiger partial charge in [0, 0.05) is 31.9 Å². The molecule has 0 saturated carbocycles. The van der Waals surface area contributed by atoms with Crippen molar-refractivity contribution >= 4 is 34.8 Å². The van der Waals surface area contributed by atoms with Crippen LogP contribution in [0.15, 0.2) is 42.5 Å². The van der Waals surface area contributed by atoms with Crippen LogP contribution in [0.5, 0.6) is 11.5 Å². The Kier molecular flexibility index (Phi) is 5.34. The highest BCUT2D eigenvalue weighted by atomic mass is 35.5. The summed E-state index contributed by atoms with van der Waals surface area (Å²) in [6, 6.07) is 11.5. The molecule has 1 unspecified atom stereocenters. The van der Waals surface area contributed by atoms with Gasteiger partial charge in [0.15, 0.2) is 0 Å². The smallest absolute Gasteiger partial charge is 0.251 e. The number of hydrogen-bond acceptors (Lipinski definition) is 6. The largest absolute Gasteiger partial charge is 0.508 e. The molecule has 0 aromatic heterocycles. The molecule has 0 spiro atoms. The van der Waals surface area contributed by atoms with Crippen molar-refractivity contribution in [2.75, 3.05) is 43.1 Å². The molecule has 1 atom stereocenters. The number of nitrogens with zero attached hydrogens (tertiary/aromatic N) is 3. The van der Waals surface area contributed by atoms with Crippen LogP contribution in [0.4, 0.5) is 11.4 Å². The Morgan fingerprint density at radius 2 is 1.66 bits per heavy atom. The van der Waals surface area contributed by atoms with Crippen molar-refractivity contribution in [2.24, 2.45) is 0 Å². The summed E-state index contributed by atoms with van der Waals surface area (Å²) in [5.74, 6) is 0.300. The number of amides is 2. The number of carbonyl (C=O) groups excluding carboxylic acids is 2. The molecule has 2 amide bonds. The quantitative estimate of drug-likeness (QED) is 0.773. The summed E-state index contributed by atoms with van der Waals surface area (Å²) in [4.78, 5) is 31.1. The van der Waals surface area contributed by atoms with E-state index in [9.17, 15) is 14.7 Å². The van der Waals surface area contributed by atoms with Gasteiger partial charge in [-0.25, -0.2) is 4.90 Å². The number of aromatic hydroxyl groups is 1. The minimum atomic E-state index is -0.453. The molecule has 0 bridgehead atoms. The normalized spacial score (nSPS) is 20.4. The second-order valence-electron chi connectivity index (χ2n) is 7.15. The zero-order valence-corrected chi connectivity index (χ0v) is 16.8. The van der Waals surface area contributed by atoms with Crippen molar-refractivity contribution in [1.29, 1.82) is 0 Å². The lowest BCUT2D eigenvalue weighted by Gasteiger charge is -2.38. The summed E-state index contributed by atoms with van der Waals surface area (Å²) in [6.45, 7) is 2.86. The second-order valence-corrected chi connectivity index (χ2v) is 7.55. The molecule has 0 aliphatic carbocycles. The van der Waals surface area contributed by atoms with Gasteiger partial charge in [-0.1, -0.05) is 11.6 Å². The van der Waals surface area contributed by atoms with Gasteiger partial charge >= 0.3 is 0 Å². The molecular weight excluding hydrogens is 394 g/mol. The maximum Gasteiger partial charge on any atom is 0.251 e. The molecule has 0 radical (unpaired) electrons. The van der Waals surface area contributed by atoms with Crippen LogP contribution in [0.1, 0.15) is 6.42 Å². The van der Waals surface area contributed by atoms with E-state index in [2.05, 4.69) is 9.80 Å². The Labute approximate surface area is 174 Å². The van der Waals surface area contributed by atoms with E-state index in [-0.39, 0.29) is 24.0 Å². The minimum Gasteiger partial charge on any atom is -0.508 e. The van der Waals surface area contributed by atoms with E-state index in [0.29, 0.717) is 29.5 Å². The second kappa shape index (κ2) is 7.93. The fourth-order valence-corrected chi connectivity index (χ4v) is 4.17. The summed E-state index contributed by atoms with van der Waals surface area (Å²) in [5.41, 5.74) is 1.50. The average molecular weight is 416 g/mol. The molecule has 4 rings (SSSR count). The number of phenols is 1. The van der Waals surface area contributed by atoms with Gasteiger partial charge in [0.2, 0.25) is 5.91 Å². The predicted molar refractivity (Wildman–Crippen MR) is 111 cm³/mol. The van der Waals surface area contributed by atoms with E-state index in [1.807, 2.05) is 12.1 Å². The summed E-state index contributed by atoms with van der Waals surface area (Å²) in [6.07, 6.45) is 0.168. The van der Waals surface area contributed by atoms with Gasteiger partial charge in [-0.2, -0.15) is 0 Å². The number of hydrogen-bond donors (Lipinski definition) is 1. The topological polar surface area (TPSA) is 73.3 Å². The highest BCUT2D eigenvalue weighted by Gasteiger charge is 2.43. The molecular formula is C21H22ClN3O4. The number of rotatable bonds is 4. The van der Waals surface area contributed by atoms with E-state index >= 15 is 0 Å². The van der Waals surface area contributed by atoms with Crippen molar-refractivity contribution in [3.63, 3.8) is 0 Å². The summed E-state index contributed by atoms with van der Waals surface area (Å²) >= 11 is 6.17. The third kappa shape index (κ3) is 3.75. The lowest BCUT2D eigenvalue weighted by atomic mass is 10.1. The van der Waals surface area contributed by atoms with Crippen molar-refractivity contribution in [1.82, 2.24) is 4.90 Å². The van der Waals surface area contributed by atoms with Gasteiger partial charge in [-0.05, 0) is 42.5 Å². The van der Waals surface area contributed by atoms with Gasteiger partial charge in [0.25, 0.3) is 5.91 Å². The fourth-order valence-electron chi connectivity index (χ4n) is 3.92. The van der Waals surface area contributed by atoms with Crippen LogP contribution in [-0.4, -0.2) is 61.2 Å². The van der Waals surface area contributed by atoms with E-state index in [1.165, 1.54) is 12.0 Å². The predicted octanol–water partition coefficient (Wildman–Crippen LogP) is 2.51. The number of piperazine rings is 1. The van der Waals surface area contributed by atoms with Gasteiger partial charge in [-0.15, -0.1) is 0 Å². The average Bonchev–Trinajstić information content (AvgIpc) is 3.02. The first-order valence-electron chi connectivity index (χ1n) is 9.46. The Morgan fingerprint density at radius 3 is 2.28 bits per heavy atom. The summed E-state index contributed by atoms with van der Waals surface area (Å²) in [7, 11) is 1.51. The number of phenolic OH excluding ortho intramolecular Hbond substituents is 1. The number of benzene rings is 2. The van der Waals surface area contributed by atoms with Crippen molar-refractivity contribution in [2.45, 2.75) is 12.5 Å². The SMILES string of the molecule is COc1ccc(N2C(=O)CC(N3CCN(c4ccc(O)cc4)CC3)C2=O)cc1Cl. The lowest BCUT2D eigenvalue weighted by Crippen LogP contribution is -2.52. The highest BCUT2D eigenvalue weighted by molar-refractivity contribution is 6.33. The van der Waals surface area contributed by atoms with Crippen LogP contribution in [-0.2, 0) is 9.59 Å². The Bertz CT molecular complexity index is 926. The van der Waals surface area contributed by atoms with Gasteiger partial charge in [0.1, 0.15) is 11.5 Å². The van der Waals surface area contributed by atoms with E-state index in [4.69, 9.17) is 16.3 Å². The maximum absolute atomic E-state index is 13.0. The molecule has 2 saturated heterocycles. The van der Waals surface area contributed by atoms with Crippen LogP contribution in [0, 0.1) is 0 Å². The van der Waals surface area contributed by atoms with E-state index < -0.39 is 6.04 Å². The minimum absolute atomic E-state index is 0.168. The summed E-state index contributed by atoms with van der Waals surface area (Å²) < 4.78 is 5.14. The number of imide groups is 1. The van der Waals surface area contributed by atoms with Crippen LogP contribution in [0.25, 0.3) is 0 Å². The molecule has 8 heteroatoms. The first kappa shape index (κ1) is 19.5. The van der Waals surface area contributed by atoms with Crippen LogP contribution < -0.4 is 14.5 Å². The van der Waals surface area contributed by atoms with Gasteiger partial charge in [0.05, 0.1) is 30.3 Å². The van der Waals surface area contributed by atoms with E-state index in [1.54, 1.807) is 30.3 Å². The molecule has 2 aromatic rings. The molecule has 1 N–H and O–H groups in total. The Balaban J connectivity index is 1.44. The molecule has 2 aromatic carbocycles. The fraction of sp³-hybridized carbons (Fsp3) is 0.333.